The maximum atomic E-state index is 11.7. The highest BCUT2D eigenvalue weighted by Crippen LogP contribution is 2.38. The Hall–Kier alpha value is -2.37. The number of hydrogen-bond acceptors (Lipinski definition) is 4. The maximum absolute atomic E-state index is 11.7. The largest absolute Gasteiger partial charge is 0.508 e. The fourth-order valence-electron chi connectivity index (χ4n) is 4.16. The van der Waals surface area contributed by atoms with Crippen molar-refractivity contribution in [3.05, 3.63) is 64.7 Å². The summed E-state index contributed by atoms with van der Waals surface area (Å²) in [6.07, 6.45) is 2.14. The van der Waals surface area contributed by atoms with Crippen LogP contribution in [0.2, 0.25) is 5.02 Å². The van der Waals surface area contributed by atoms with Crippen molar-refractivity contribution >= 4 is 23.2 Å². The van der Waals surface area contributed by atoms with Gasteiger partial charge in [-0.05, 0) is 23.8 Å². The Bertz CT molecular complexity index is 905. The lowest BCUT2D eigenvalue weighted by atomic mass is 9.87. The second-order valence-corrected chi connectivity index (χ2v) is 8.00. The van der Waals surface area contributed by atoms with Crippen molar-refractivity contribution < 1.29 is 9.90 Å². The van der Waals surface area contributed by atoms with Gasteiger partial charge in [-0.1, -0.05) is 41.9 Å². The zero-order valence-electron chi connectivity index (χ0n) is 15.9. The number of amides is 1. The quantitative estimate of drug-likeness (QED) is 0.807. The first-order chi connectivity index (χ1) is 13.5. The van der Waals surface area contributed by atoms with Crippen molar-refractivity contribution in [3.63, 3.8) is 0 Å². The van der Waals surface area contributed by atoms with E-state index in [1.54, 1.807) is 19.1 Å². The van der Waals surface area contributed by atoms with E-state index in [9.17, 15) is 9.90 Å². The molecule has 2 heterocycles. The Kier molecular flexibility index (Phi) is 5.13. The maximum Gasteiger partial charge on any atom is 0.219 e. The standard InChI is InChI=1S/C22H24ClN3O2/c1-15(27)26-11-9-22(10-12-26)24-19(16-5-3-2-4-6-16)14-20(25-22)18-13-17(23)7-8-21(18)28/h2-8,13,20,25,28H,9-12,14H2,1H3/t20-/m1/s1. The number of aliphatic imine (C=N–C) groups is 1. The molecule has 5 nitrogen and oxygen atoms in total. The minimum absolute atomic E-state index is 0.0990. The molecule has 146 valence electrons. The van der Waals surface area contributed by atoms with Gasteiger partial charge in [0.2, 0.25) is 5.91 Å². The summed E-state index contributed by atoms with van der Waals surface area (Å²) in [7, 11) is 0. The molecular formula is C22H24ClN3O2. The topological polar surface area (TPSA) is 64.9 Å². The van der Waals surface area contributed by atoms with Crippen molar-refractivity contribution in [3.8, 4) is 5.75 Å². The van der Waals surface area contributed by atoms with Gasteiger partial charge in [-0.15, -0.1) is 0 Å². The van der Waals surface area contributed by atoms with Crippen LogP contribution < -0.4 is 5.32 Å². The highest BCUT2D eigenvalue weighted by Gasteiger charge is 2.41. The lowest BCUT2D eigenvalue weighted by Gasteiger charge is -2.45. The minimum Gasteiger partial charge on any atom is -0.508 e. The Labute approximate surface area is 170 Å². The van der Waals surface area contributed by atoms with Gasteiger partial charge in [-0.2, -0.15) is 0 Å². The summed E-state index contributed by atoms with van der Waals surface area (Å²) < 4.78 is 0. The number of likely N-dealkylation sites (tertiary alicyclic amines) is 1. The minimum atomic E-state index is -0.450. The molecule has 0 aliphatic carbocycles. The summed E-state index contributed by atoms with van der Waals surface area (Å²) in [5.74, 6) is 0.328. The number of carbonyl (C=O) groups is 1. The molecule has 28 heavy (non-hydrogen) atoms. The molecule has 0 saturated carbocycles. The highest BCUT2D eigenvalue weighted by molar-refractivity contribution is 6.30. The Morgan fingerprint density at radius 1 is 1.21 bits per heavy atom. The van der Waals surface area contributed by atoms with Gasteiger partial charge in [-0.3, -0.25) is 15.1 Å². The number of aromatic hydroxyl groups is 1. The van der Waals surface area contributed by atoms with Crippen LogP contribution in [0.1, 0.15) is 43.4 Å². The van der Waals surface area contributed by atoms with Crippen molar-refractivity contribution in [1.29, 1.82) is 0 Å². The van der Waals surface area contributed by atoms with E-state index in [1.165, 1.54) is 0 Å². The number of phenols is 1. The highest BCUT2D eigenvalue weighted by atomic mass is 35.5. The molecule has 2 aliphatic heterocycles. The Morgan fingerprint density at radius 3 is 2.61 bits per heavy atom. The SMILES string of the molecule is CC(=O)N1CCC2(CC1)N=C(c1ccccc1)C[C@H](c1cc(Cl)ccc1O)N2. The number of nitrogens with zero attached hydrogens (tertiary/aromatic N) is 2. The molecule has 0 aromatic heterocycles. The van der Waals surface area contributed by atoms with Crippen molar-refractivity contribution in [1.82, 2.24) is 10.2 Å². The molecule has 2 aliphatic rings. The first-order valence-corrected chi connectivity index (χ1v) is 9.99. The number of halogens is 1. The first kappa shape index (κ1) is 19.0. The zero-order chi connectivity index (χ0) is 19.7. The predicted molar refractivity (Wildman–Crippen MR) is 111 cm³/mol. The van der Waals surface area contributed by atoms with Gasteiger partial charge in [0.15, 0.2) is 0 Å². The summed E-state index contributed by atoms with van der Waals surface area (Å²) >= 11 is 6.21. The number of hydrogen-bond donors (Lipinski definition) is 2. The summed E-state index contributed by atoms with van der Waals surface area (Å²) in [5, 5.41) is 14.7. The number of carbonyl (C=O) groups excluding carboxylic acids is 1. The average Bonchev–Trinajstić information content (AvgIpc) is 2.70. The molecule has 0 bridgehead atoms. The van der Waals surface area contributed by atoms with Crippen LogP contribution in [0.5, 0.6) is 5.75 Å². The van der Waals surface area contributed by atoms with Crippen molar-refractivity contribution in [2.24, 2.45) is 4.99 Å². The normalized spacial score (nSPS) is 21.4. The second-order valence-electron chi connectivity index (χ2n) is 7.57. The van der Waals surface area contributed by atoms with Crippen LogP contribution in [0.15, 0.2) is 53.5 Å². The van der Waals surface area contributed by atoms with Gasteiger partial charge in [0, 0.05) is 61.6 Å². The van der Waals surface area contributed by atoms with E-state index < -0.39 is 5.66 Å². The van der Waals surface area contributed by atoms with Gasteiger partial charge in [-0.25, -0.2) is 0 Å². The number of phenolic OH excluding ortho intramolecular Hbond substituents is 1. The summed E-state index contributed by atoms with van der Waals surface area (Å²) in [6, 6.07) is 15.2. The monoisotopic (exact) mass is 397 g/mol. The molecule has 1 spiro atoms. The zero-order valence-corrected chi connectivity index (χ0v) is 16.6. The average molecular weight is 398 g/mol. The molecule has 4 rings (SSSR count). The van der Waals surface area contributed by atoms with Crippen LogP contribution >= 0.6 is 11.6 Å². The number of nitrogens with one attached hydrogen (secondary N) is 1. The van der Waals surface area contributed by atoms with E-state index in [4.69, 9.17) is 16.6 Å². The fourth-order valence-corrected chi connectivity index (χ4v) is 4.34. The molecule has 0 radical (unpaired) electrons. The molecular weight excluding hydrogens is 374 g/mol. The van der Waals surface area contributed by atoms with Crippen LogP contribution in [0.4, 0.5) is 0 Å². The lowest BCUT2D eigenvalue weighted by molar-refractivity contribution is -0.130. The van der Waals surface area contributed by atoms with Crippen LogP contribution in [0.3, 0.4) is 0 Å². The Balaban J connectivity index is 1.71. The van der Waals surface area contributed by atoms with Gasteiger partial charge in [0.25, 0.3) is 0 Å². The molecule has 2 aromatic rings. The molecule has 1 amide bonds. The smallest absolute Gasteiger partial charge is 0.219 e. The third-order valence-electron chi connectivity index (χ3n) is 5.70. The number of rotatable bonds is 2. The van der Waals surface area contributed by atoms with Gasteiger partial charge < -0.3 is 10.0 Å². The second kappa shape index (κ2) is 7.57. The van der Waals surface area contributed by atoms with E-state index >= 15 is 0 Å². The molecule has 1 saturated heterocycles. The van der Waals surface area contributed by atoms with E-state index in [0.717, 1.165) is 29.7 Å². The molecule has 6 heteroatoms. The van der Waals surface area contributed by atoms with E-state index in [0.29, 0.717) is 24.5 Å². The van der Waals surface area contributed by atoms with Crippen LogP contribution in [0.25, 0.3) is 0 Å². The molecule has 1 fully saturated rings. The fraction of sp³-hybridized carbons (Fsp3) is 0.364. The Morgan fingerprint density at radius 2 is 1.93 bits per heavy atom. The van der Waals surface area contributed by atoms with Crippen LogP contribution in [-0.2, 0) is 4.79 Å². The van der Waals surface area contributed by atoms with Gasteiger partial charge >= 0.3 is 0 Å². The van der Waals surface area contributed by atoms with E-state index in [1.807, 2.05) is 29.2 Å². The van der Waals surface area contributed by atoms with Gasteiger partial charge in [0.05, 0.1) is 0 Å². The van der Waals surface area contributed by atoms with Crippen LogP contribution in [0, 0.1) is 0 Å². The summed E-state index contributed by atoms with van der Waals surface area (Å²) in [6.45, 7) is 2.95. The first-order valence-electron chi connectivity index (χ1n) is 9.61. The molecule has 2 N–H and O–H groups in total. The summed E-state index contributed by atoms with van der Waals surface area (Å²) in [5.41, 5.74) is 2.43. The third-order valence-corrected chi connectivity index (χ3v) is 5.93. The molecule has 1 atom stereocenters. The lowest BCUT2D eigenvalue weighted by Crippen LogP contribution is -2.56. The summed E-state index contributed by atoms with van der Waals surface area (Å²) in [4.78, 5) is 18.7. The molecule has 2 aromatic carbocycles. The number of piperidine rings is 1. The number of benzene rings is 2. The van der Waals surface area contributed by atoms with Gasteiger partial charge in [0.1, 0.15) is 11.4 Å². The predicted octanol–water partition coefficient (Wildman–Crippen LogP) is 3.91. The van der Waals surface area contributed by atoms with E-state index in [2.05, 4.69) is 17.4 Å². The van der Waals surface area contributed by atoms with Crippen molar-refractivity contribution in [2.75, 3.05) is 13.1 Å². The van der Waals surface area contributed by atoms with Crippen molar-refractivity contribution in [2.45, 2.75) is 37.9 Å². The van der Waals surface area contributed by atoms with E-state index in [-0.39, 0.29) is 17.7 Å². The third kappa shape index (κ3) is 3.77. The molecule has 0 unspecified atom stereocenters. The van der Waals surface area contributed by atoms with Crippen LogP contribution in [-0.4, -0.2) is 40.4 Å².